The van der Waals surface area contributed by atoms with Gasteiger partial charge in [0.2, 0.25) is 0 Å². The molecule has 4 nitrogen and oxygen atoms in total. The molecule has 3 aromatic carbocycles. The number of anilines is 1. The SMILES string of the molecule is Cn1nc(C(F)(F)F)cc1-c1ccc(CNc2ccc(Cl)cc2)c(-c2ccc(Cl)c(C(F)(F)F)c2)c1O. The van der Waals surface area contributed by atoms with E-state index in [0.717, 1.165) is 22.9 Å². The van der Waals surface area contributed by atoms with Gasteiger partial charge in [-0.1, -0.05) is 35.3 Å². The van der Waals surface area contributed by atoms with E-state index in [2.05, 4.69) is 10.4 Å². The van der Waals surface area contributed by atoms with Crippen molar-refractivity contribution in [1.82, 2.24) is 9.78 Å². The summed E-state index contributed by atoms with van der Waals surface area (Å²) in [5.74, 6) is -0.512. The van der Waals surface area contributed by atoms with E-state index in [4.69, 9.17) is 23.2 Å². The molecule has 12 heteroatoms. The van der Waals surface area contributed by atoms with Crippen LogP contribution in [0.25, 0.3) is 22.4 Å². The topological polar surface area (TPSA) is 50.1 Å². The summed E-state index contributed by atoms with van der Waals surface area (Å²) < 4.78 is 81.3. The molecule has 1 aromatic heterocycles. The highest BCUT2D eigenvalue weighted by atomic mass is 35.5. The number of alkyl halides is 6. The second-order valence-corrected chi connectivity index (χ2v) is 8.93. The minimum atomic E-state index is -4.77. The van der Waals surface area contributed by atoms with Gasteiger partial charge in [-0.3, -0.25) is 4.68 Å². The molecule has 4 aromatic rings. The molecule has 0 amide bonds. The van der Waals surface area contributed by atoms with Crippen LogP contribution in [0.1, 0.15) is 16.8 Å². The maximum Gasteiger partial charge on any atom is 0.435 e. The summed E-state index contributed by atoms with van der Waals surface area (Å²) in [6, 6.07) is 13.4. The highest BCUT2D eigenvalue weighted by molar-refractivity contribution is 6.31. The highest BCUT2D eigenvalue weighted by Gasteiger charge is 2.36. The van der Waals surface area contributed by atoms with E-state index in [-0.39, 0.29) is 28.9 Å². The number of aromatic hydroxyl groups is 1. The first-order valence-electron chi connectivity index (χ1n) is 10.6. The van der Waals surface area contributed by atoms with Gasteiger partial charge in [-0.25, -0.2) is 0 Å². The summed E-state index contributed by atoms with van der Waals surface area (Å²) in [5.41, 5.74) is -1.42. The third-order valence-corrected chi connectivity index (χ3v) is 6.18. The summed E-state index contributed by atoms with van der Waals surface area (Å²) in [5, 5.41) is 17.7. The van der Waals surface area contributed by atoms with Crippen molar-refractivity contribution in [3.8, 4) is 28.1 Å². The number of phenolic OH excluding ortho intramolecular Hbond substituents is 1. The predicted octanol–water partition coefficient (Wildman–Crippen LogP) is 8.42. The number of rotatable bonds is 5. The molecule has 0 unspecified atom stereocenters. The van der Waals surface area contributed by atoms with Crippen molar-refractivity contribution < 1.29 is 31.4 Å². The van der Waals surface area contributed by atoms with E-state index in [1.165, 1.54) is 25.2 Å². The second-order valence-electron chi connectivity index (χ2n) is 8.08. The van der Waals surface area contributed by atoms with Crippen LogP contribution in [0, 0.1) is 0 Å². The van der Waals surface area contributed by atoms with Gasteiger partial charge in [0.15, 0.2) is 5.69 Å². The van der Waals surface area contributed by atoms with Gasteiger partial charge in [0.1, 0.15) is 5.75 Å². The minimum Gasteiger partial charge on any atom is -0.507 e. The number of benzene rings is 3. The minimum absolute atomic E-state index is 0.00381. The number of aryl methyl sites for hydroxylation is 1. The number of phenols is 1. The molecule has 1 heterocycles. The lowest BCUT2D eigenvalue weighted by atomic mass is 9.93. The van der Waals surface area contributed by atoms with Crippen molar-refractivity contribution in [2.45, 2.75) is 18.9 Å². The monoisotopic (exact) mass is 559 g/mol. The molecule has 194 valence electrons. The Morgan fingerprint density at radius 3 is 2.16 bits per heavy atom. The zero-order valence-corrected chi connectivity index (χ0v) is 20.4. The van der Waals surface area contributed by atoms with Gasteiger partial charge in [0.05, 0.1) is 16.3 Å². The maximum absolute atomic E-state index is 13.6. The molecule has 0 aliphatic rings. The summed E-state index contributed by atoms with van der Waals surface area (Å²) in [7, 11) is 1.27. The van der Waals surface area contributed by atoms with E-state index >= 15 is 0 Å². The van der Waals surface area contributed by atoms with Crippen molar-refractivity contribution >= 4 is 28.9 Å². The van der Waals surface area contributed by atoms with Gasteiger partial charge in [-0.2, -0.15) is 31.4 Å². The van der Waals surface area contributed by atoms with E-state index in [1.807, 2.05) is 0 Å². The van der Waals surface area contributed by atoms with Crippen LogP contribution in [-0.4, -0.2) is 14.9 Å². The molecule has 0 aliphatic heterocycles. The van der Waals surface area contributed by atoms with Gasteiger partial charge in [0.25, 0.3) is 0 Å². The quantitative estimate of drug-likeness (QED) is 0.241. The van der Waals surface area contributed by atoms with Crippen LogP contribution in [0.2, 0.25) is 10.0 Å². The standard InChI is InChI=1S/C25H17Cl2F6N3O/c1-36-20(11-21(35-36)25(31,32)33)17-8-2-14(12-34-16-6-4-15(26)5-7-16)22(23(17)37)13-3-9-19(27)18(10-13)24(28,29)30/h2-11,34,37H,12H2,1H3. The molecular formula is C25H17Cl2F6N3O. The van der Waals surface area contributed by atoms with Crippen molar-refractivity contribution in [2.24, 2.45) is 7.05 Å². The van der Waals surface area contributed by atoms with Gasteiger partial charge in [-0.05, 0) is 59.7 Å². The van der Waals surface area contributed by atoms with Crippen LogP contribution in [-0.2, 0) is 25.9 Å². The van der Waals surface area contributed by atoms with Crippen LogP contribution in [0.15, 0.2) is 60.7 Å². The molecule has 0 aliphatic carbocycles. The first-order chi connectivity index (χ1) is 17.3. The Bertz CT molecular complexity index is 1450. The van der Waals surface area contributed by atoms with E-state index in [0.29, 0.717) is 16.3 Å². The number of nitrogens with zero attached hydrogens (tertiary/aromatic N) is 2. The third kappa shape index (κ3) is 5.65. The van der Waals surface area contributed by atoms with Crippen LogP contribution in [0.5, 0.6) is 5.75 Å². The number of aromatic nitrogens is 2. The lowest BCUT2D eigenvalue weighted by Gasteiger charge is -2.18. The smallest absolute Gasteiger partial charge is 0.435 e. The van der Waals surface area contributed by atoms with Crippen LogP contribution in [0.3, 0.4) is 0 Å². The first-order valence-corrected chi connectivity index (χ1v) is 11.3. The Morgan fingerprint density at radius 1 is 0.892 bits per heavy atom. The Balaban J connectivity index is 1.87. The number of nitrogens with one attached hydrogen (secondary N) is 1. The molecule has 0 saturated heterocycles. The molecule has 4 rings (SSSR count). The zero-order chi connectivity index (χ0) is 27.1. The highest BCUT2D eigenvalue weighted by Crippen LogP contribution is 2.44. The van der Waals surface area contributed by atoms with E-state index < -0.39 is 34.4 Å². The van der Waals surface area contributed by atoms with Gasteiger partial charge >= 0.3 is 12.4 Å². The van der Waals surface area contributed by atoms with Gasteiger partial charge in [0, 0.05) is 35.4 Å². The molecule has 0 fully saturated rings. The fraction of sp³-hybridized carbons (Fsp3) is 0.160. The molecule has 0 radical (unpaired) electrons. The molecule has 0 saturated carbocycles. The van der Waals surface area contributed by atoms with Crippen molar-refractivity contribution in [3.05, 3.63) is 87.5 Å². The first kappa shape index (κ1) is 26.7. The fourth-order valence-electron chi connectivity index (χ4n) is 3.83. The van der Waals surface area contributed by atoms with Crippen molar-refractivity contribution in [1.29, 1.82) is 0 Å². The molecule has 0 spiro atoms. The average Bonchev–Trinajstić information content (AvgIpc) is 3.20. The second kappa shape index (κ2) is 9.83. The van der Waals surface area contributed by atoms with Gasteiger partial charge in [-0.15, -0.1) is 0 Å². The lowest BCUT2D eigenvalue weighted by molar-refractivity contribution is -0.141. The average molecular weight is 560 g/mol. The Kier molecular flexibility index (Phi) is 7.09. The Hall–Kier alpha value is -3.37. The predicted molar refractivity (Wildman–Crippen MR) is 130 cm³/mol. The normalized spacial score (nSPS) is 12.1. The van der Waals surface area contributed by atoms with E-state index in [1.54, 1.807) is 24.3 Å². The third-order valence-electron chi connectivity index (χ3n) is 5.60. The zero-order valence-electron chi connectivity index (χ0n) is 18.8. The largest absolute Gasteiger partial charge is 0.507 e. The maximum atomic E-state index is 13.6. The molecule has 37 heavy (non-hydrogen) atoms. The molecule has 0 atom stereocenters. The number of hydrogen-bond acceptors (Lipinski definition) is 3. The van der Waals surface area contributed by atoms with Gasteiger partial charge < -0.3 is 10.4 Å². The Labute approximate surface area is 217 Å². The van der Waals surface area contributed by atoms with Crippen molar-refractivity contribution in [2.75, 3.05) is 5.32 Å². The van der Waals surface area contributed by atoms with Crippen molar-refractivity contribution in [3.63, 3.8) is 0 Å². The summed E-state index contributed by atoms with van der Waals surface area (Å²) >= 11 is 11.7. The summed E-state index contributed by atoms with van der Waals surface area (Å²) in [4.78, 5) is 0. The number of halogens is 8. The fourth-order valence-corrected chi connectivity index (χ4v) is 4.18. The molecule has 2 N–H and O–H groups in total. The number of hydrogen-bond donors (Lipinski definition) is 2. The molecular weight excluding hydrogens is 543 g/mol. The lowest BCUT2D eigenvalue weighted by Crippen LogP contribution is -2.07. The molecule has 0 bridgehead atoms. The summed E-state index contributed by atoms with van der Waals surface area (Å²) in [6.45, 7) is 0.0635. The summed E-state index contributed by atoms with van der Waals surface area (Å²) in [6.07, 6.45) is -9.50. The van der Waals surface area contributed by atoms with Crippen LogP contribution >= 0.6 is 23.2 Å². The van der Waals surface area contributed by atoms with Crippen LogP contribution in [0.4, 0.5) is 32.0 Å². The van der Waals surface area contributed by atoms with E-state index in [9.17, 15) is 31.4 Å². The van der Waals surface area contributed by atoms with Crippen LogP contribution < -0.4 is 5.32 Å². The Morgan fingerprint density at radius 2 is 1.57 bits per heavy atom.